The van der Waals surface area contributed by atoms with Crippen LogP contribution in [0.25, 0.3) is 0 Å². The number of anilines is 1. The van der Waals surface area contributed by atoms with Gasteiger partial charge in [-0.25, -0.2) is 4.79 Å². The summed E-state index contributed by atoms with van der Waals surface area (Å²) in [5.74, 6) is 0. The SMILES string of the molecule is CN(C(=O)O)[C@@H]1CCCN(c2cncc(C#N)c2Cl)C1. The lowest BCUT2D eigenvalue weighted by Gasteiger charge is -2.37. The number of rotatable bonds is 2. The number of amides is 1. The molecule has 2 heterocycles. The molecule has 1 aromatic heterocycles. The molecule has 1 aliphatic heterocycles. The Balaban J connectivity index is 2.22. The predicted molar refractivity (Wildman–Crippen MR) is 75.0 cm³/mol. The first-order chi connectivity index (χ1) is 9.54. The maximum atomic E-state index is 11.0. The summed E-state index contributed by atoms with van der Waals surface area (Å²) in [5.41, 5.74) is 1.02. The van der Waals surface area contributed by atoms with Crippen molar-refractivity contribution in [2.75, 3.05) is 25.0 Å². The van der Waals surface area contributed by atoms with Crippen molar-refractivity contribution in [1.82, 2.24) is 9.88 Å². The van der Waals surface area contributed by atoms with Gasteiger partial charge in [-0.05, 0) is 12.8 Å². The number of carboxylic acid groups (broad SMARTS) is 1. The Labute approximate surface area is 122 Å². The number of pyridine rings is 1. The van der Waals surface area contributed by atoms with Crippen LogP contribution in [0, 0.1) is 11.3 Å². The number of nitrogens with zero attached hydrogens (tertiary/aromatic N) is 4. The highest BCUT2D eigenvalue weighted by atomic mass is 35.5. The van der Waals surface area contributed by atoms with Crippen LogP contribution in [0.15, 0.2) is 12.4 Å². The van der Waals surface area contributed by atoms with Crippen LogP contribution in [0.1, 0.15) is 18.4 Å². The van der Waals surface area contributed by atoms with Gasteiger partial charge in [-0.3, -0.25) is 4.98 Å². The lowest BCUT2D eigenvalue weighted by atomic mass is 10.0. The van der Waals surface area contributed by atoms with Crippen LogP contribution in [0.3, 0.4) is 0 Å². The second kappa shape index (κ2) is 5.97. The molecule has 1 saturated heterocycles. The number of aromatic nitrogens is 1. The molecule has 2 rings (SSSR count). The molecule has 6 nitrogen and oxygen atoms in total. The van der Waals surface area contributed by atoms with Crippen molar-refractivity contribution in [2.45, 2.75) is 18.9 Å². The van der Waals surface area contributed by atoms with E-state index in [0.717, 1.165) is 19.4 Å². The molecule has 1 amide bonds. The van der Waals surface area contributed by atoms with Crippen LogP contribution >= 0.6 is 11.6 Å². The number of carbonyl (C=O) groups is 1. The third kappa shape index (κ3) is 2.78. The number of hydrogen-bond acceptors (Lipinski definition) is 4. The molecule has 1 N–H and O–H groups in total. The lowest BCUT2D eigenvalue weighted by Crippen LogP contribution is -2.48. The Kier molecular flexibility index (Phi) is 4.30. The number of nitriles is 1. The molecule has 1 atom stereocenters. The zero-order valence-corrected chi connectivity index (χ0v) is 11.8. The molecular formula is C13H15ClN4O2. The molecule has 0 saturated carbocycles. The van der Waals surface area contributed by atoms with Crippen LogP contribution in [-0.4, -0.2) is 47.3 Å². The fourth-order valence-corrected chi connectivity index (χ4v) is 2.64. The van der Waals surface area contributed by atoms with Gasteiger partial charge in [-0.2, -0.15) is 5.26 Å². The van der Waals surface area contributed by atoms with E-state index in [1.807, 2.05) is 11.0 Å². The van der Waals surface area contributed by atoms with Gasteiger partial charge in [0, 0.05) is 26.3 Å². The molecule has 0 radical (unpaired) electrons. The van der Waals surface area contributed by atoms with Crippen LogP contribution in [0.2, 0.25) is 5.02 Å². The summed E-state index contributed by atoms with van der Waals surface area (Å²) in [6.45, 7) is 1.33. The molecule has 0 aromatic carbocycles. The van der Waals surface area contributed by atoms with Crippen molar-refractivity contribution in [3.63, 3.8) is 0 Å². The number of likely N-dealkylation sites (N-methyl/N-ethyl adjacent to an activating group) is 1. The van der Waals surface area contributed by atoms with E-state index in [-0.39, 0.29) is 6.04 Å². The number of hydrogen-bond donors (Lipinski definition) is 1. The largest absolute Gasteiger partial charge is 0.465 e. The Bertz CT molecular complexity index is 558. The highest BCUT2D eigenvalue weighted by Gasteiger charge is 2.27. The Morgan fingerprint density at radius 1 is 1.65 bits per heavy atom. The molecule has 1 fully saturated rings. The van der Waals surface area contributed by atoms with Crippen molar-refractivity contribution in [3.8, 4) is 6.07 Å². The Hall–Kier alpha value is -2.00. The fourth-order valence-electron chi connectivity index (χ4n) is 2.38. The van der Waals surface area contributed by atoms with E-state index in [9.17, 15) is 4.79 Å². The van der Waals surface area contributed by atoms with E-state index in [2.05, 4.69) is 4.98 Å². The average molecular weight is 295 g/mol. The zero-order chi connectivity index (χ0) is 14.7. The van der Waals surface area contributed by atoms with Gasteiger partial charge in [0.2, 0.25) is 0 Å². The van der Waals surface area contributed by atoms with Crippen molar-refractivity contribution in [3.05, 3.63) is 23.0 Å². The van der Waals surface area contributed by atoms with Crippen molar-refractivity contribution in [2.24, 2.45) is 0 Å². The fraction of sp³-hybridized carbons (Fsp3) is 0.462. The number of halogens is 1. The molecular weight excluding hydrogens is 280 g/mol. The summed E-state index contributed by atoms with van der Waals surface area (Å²) < 4.78 is 0. The van der Waals surface area contributed by atoms with Gasteiger partial charge in [0.15, 0.2) is 0 Å². The minimum absolute atomic E-state index is 0.0805. The summed E-state index contributed by atoms with van der Waals surface area (Å²) in [4.78, 5) is 18.4. The minimum atomic E-state index is -0.938. The minimum Gasteiger partial charge on any atom is -0.465 e. The van der Waals surface area contributed by atoms with E-state index in [0.29, 0.717) is 22.8 Å². The van der Waals surface area contributed by atoms with E-state index in [1.54, 1.807) is 13.2 Å². The van der Waals surface area contributed by atoms with E-state index in [1.165, 1.54) is 11.1 Å². The van der Waals surface area contributed by atoms with Gasteiger partial charge in [0.25, 0.3) is 0 Å². The zero-order valence-electron chi connectivity index (χ0n) is 11.1. The first kappa shape index (κ1) is 14.4. The van der Waals surface area contributed by atoms with Crippen LogP contribution in [0.4, 0.5) is 10.5 Å². The molecule has 0 aliphatic carbocycles. The lowest BCUT2D eigenvalue weighted by molar-refractivity contribution is 0.133. The summed E-state index contributed by atoms with van der Waals surface area (Å²) >= 11 is 6.20. The highest BCUT2D eigenvalue weighted by molar-refractivity contribution is 6.34. The van der Waals surface area contributed by atoms with Gasteiger partial charge >= 0.3 is 6.09 Å². The van der Waals surface area contributed by atoms with Crippen LogP contribution in [0.5, 0.6) is 0 Å². The maximum absolute atomic E-state index is 11.0. The molecule has 106 valence electrons. The topological polar surface area (TPSA) is 80.5 Å². The first-order valence-electron chi connectivity index (χ1n) is 6.29. The molecule has 1 aliphatic rings. The Morgan fingerprint density at radius 2 is 2.40 bits per heavy atom. The Morgan fingerprint density at radius 3 is 3.05 bits per heavy atom. The normalized spacial score (nSPS) is 18.4. The first-order valence-corrected chi connectivity index (χ1v) is 6.66. The highest BCUT2D eigenvalue weighted by Crippen LogP contribution is 2.30. The molecule has 20 heavy (non-hydrogen) atoms. The van der Waals surface area contributed by atoms with Crippen LogP contribution in [-0.2, 0) is 0 Å². The van der Waals surface area contributed by atoms with Gasteiger partial charge in [0.1, 0.15) is 6.07 Å². The second-order valence-corrected chi connectivity index (χ2v) is 5.15. The third-order valence-electron chi connectivity index (χ3n) is 3.57. The molecule has 0 unspecified atom stereocenters. The van der Waals surface area contributed by atoms with Gasteiger partial charge in [0.05, 0.1) is 28.5 Å². The predicted octanol–water partition coefficient (Wildman–Crippen LogP) is 2.19. The smallest absolute Gasteiger partial charge is 0.407 e. The molecule has 1 aromatic rings. The standard InChI is InChI=1S/C13H15ClN4O2/c1-17(13(19)20)10-3-2-4-18(8-10)11-7-16-6-9(5-15)12(11)14/h6-7,10H,2-4,8H2,1H3,(H,19,20)/t10-/m1/s1. The third-order valence-corrected chi connectivity index (χ3v) is 3.97. The van der Waals surface area contributed by atoms with E-state index >= 15 is 0 Å². The van der Waals surface area contributed by atoms with E-state index < -0.39 is 6.09 Å². The summed E-state index contributed by atoms with van der Waals surface area (Å²) in [7, 11) is 1.57. The summed E-state index contributed by atoms with van der Waals surface area (Å²) in [6.07, 6.45) is 3.80. The van der Waals surface area contributed by atoms with Crippen molar-refractivity contribution in [1.29, 1.82) is 5.26 Å². The molecule has 0 bridgehead atoms. The van der Waals surface area contributed by atoms with Gasteiger partial charge in [-0.15, -0.1) is 0 Å². The second-order valence-electron chi connectivity index (χ2n) is 4.77. The monoisotopic (exact) mass is 294 g/mol. The summed E-state index contributed by atoms with van der Waals surface area (Å²) in [6, 6.07) is 1.92. The van der Waals surface area contributed by atoms with Crippen molar-refractivity contribution < 1.29 is 9.90 Å². The quantitative estimate of drug-likeness (QED) is 0.904. The van der Waals surface area contributed by atoms with Crippen LogP contribution < -0.4 is 4.90 Å². The summed E-state index contributed by atoms with van der Waals surface area (Å²) in [5, 5.41) is 18.4. The average Bonchev–Trinajstić information content (AvgIpc) is 2.46. The van der Waals surface area contributed by atoms with Crippen molar-refractivity contribution >= 4 is 23.4 Å². The number of piperidine rings is 1. The van der Waals surface area contributed by atoms with E-state index in [4.69, 9.17) is 22.0 Å². The van der Waals surface area contributed by atoms with Gasteiger partial charge < -0.3 is 14.9 Å². The molecule has 7 heteroatoms. The molecule has 0 spiro atoms. The van der Waals surface area contributed by atoms with Gasteiger partial charge in [-0.1, -0.05) is 11.6 Å². The maximum Gasteiger partial charge on any atom is 0.407 e.